The van der Waals surface area contributed by atoms with E-state index < -0.39 is 0 Å². The fourth-order valence-electron chi connectivity index (χ4n) is 3.95. The summed E-state index contributed by atoms with van der Waals surface area (Å²) in [4.78, 5) is 30.2. The third kappa shape index (κ3) is 3.71. The average Bonchev–Trinajstić information content (AvgIpc) is 3.53. The average molecular weight is 503 g/mol. The molecule has 1 aromatic carbocycles. The molecule has 1 fully saturated rings. The molecular formula is C21H21BrClN7O. The normalized spacial score (nSPS) is 14.9. The number of nitrogens with one attached hydrogen (secondary N) is 2. The van der Waals surface area contributed by atoms with Gasteiger partial charge in [0.25, 0.3) is 5.56 Å². The highest BCUT2D eigenvalue weighted by molar-refractivity contribution is 9.10. The van der Waals surface area contributed by atoms with Crippen molar-refractivity contribution in [1.29, 1.82) is 0 Å². The molecule has 8 nitrogen and oxygen atoms in total. The summed E-state index contributed by atoms with van der Waals surface area (Å²) >= 11 is 9.92. The zero-order valence-corrected chi connectivity index (χ0v) is 18.9. The van der Waals surface area contributed by atoms with Crippen molar-refractivity contribution in [3.05, 3.63) is 56.4 Å². The molecule has 10 heteroatoms. The minimum atomic E-state index is -0.172. The van der Waals surface area contributed by atoms with Crippen molar-refractivity contribution in [2.75, 3.05) is 11.9 Å². The molecule has 1 aliphatic rings. The van der Waals surface area contributed by atoms with E-state index in [0.717, 1.165) is 28.3 Å². The number of hydrogen-bond donors (Lipinski definition) is 3. The van der Waals surface area contributed by atoms with E-state index in [1.54, 1.807) is 10.6 Å². The third-order valence-corrected chi connectivity index (χ3v) is 6.57. The van der Waals surface area contributed by atoms with E-state index in [1.807, 2.05) is 18.3 Å². The number of aromatic nitrogens is 5. The predicted molar refractivity (Wildman–Crippen MR) is 125 cm³/mol. The first-order valence-corrected chi connectivity index (χ1v) is 11.4. The number of rotatable bonds is 7. The molecule has 0 radical (unpaired) electrons. The van der Waals surface area contributed by atoms with Crippen LogP contribution in [0, 0.1) is 5.92 Å². The second-order valence-corrected chi connectivity index (χ2v) is 9.01. The summed E-state index contributed by atoms with van der Waals surface area (Å²) in [7, 11) is 0. The first kappa shape index (κ1) is 20.4. The van der Waals surface area contributed by atoms with Crippen molar-refractivity contribution in [2.24, 2.45) is 11.7 Å². The smallest absolute Gasteiger partial charge is 0.262 e. The quantitative estimate of drug-likeness (QED) is 0.352. The Morgan fingerprint density at radius 3 is 2.94 bits per heavy atom. The monoisotopic (exact) mass is 501 g/mol. The standard InChI is InChI=1S/C21H21BrClN7O/c22-12-9-25-18-15(12)19(27-10-26-18)29-17(11-5-6-11)20-28-14-4-1-3-13(23)16(14)21(31)30(20)8-2-7-24/h1,3-4,9-11,17H,2,5-8,24H2,(H2,25,26,27,29). The van der Waals surface area contributed by atoms with Gasteiger partial charge in [0, 0.05) is 17.2 Å². The van der Waals surface area contributed by atoms with Crippen LogP contribution in [-0.4, -0.2) is 31.0 Å². The maximum atomic E-state index is 13.4. The van der Waals surface area contributed by atoms with E-state index in [4.69, 9.17) is 22.3 Å². The zero-order chi connectivity index (χ0) is 21.5. The minimum Gasteiger partial charge on any atom is -0.359 e. The summed E-state index contributed by atoms with van der Waals surface area (Å²) in [5, 5.41) is 5.28. The summed E-state index contributed by atoms with van der Waals surface area (Å²) in [6, 6.07) is 5.19. The molecule has 31 heavy (non-hydrogen) atoms. The molecule has 0 spiro atoms. The Labute approximate surface area is 191 Å². The molecule has 160 valence electrons. The van der Waals surface area contributed by atoms with E-state index in [9.17, 15) is 4.79 Å². The Morgan fingerprint density at radius 1 is 1.32 bits per heavy atom. The van der Waals surface area contributed by atoms with Crippen LogP contribution in [0.15, 0.2) is 40.0 Å². The molecule has 1 saturated carbocycles. The van der Waals surface area contributed by atoms with Crippen molar-refractivity contribution in [3.8, 4) is 0 Å². The Morgan fingerprint density at radius 2 is 2.16 bits per heavy atom. The van der Waals surface area contributed by atoms with Gasteiger partial charge in [0.15, 0.2) is 0 Å². The van der Waals surface area contributed by atoms with Crippen LogP contribution in [0.3, 0.4) is 0 Å². The highest BCUT2D eigenvalue weighted by Gasteiger charge is 2.36. The number of benzene rings is 1. The number of fused-ring (bicyclic) bond motifs is 2. The second-order valence-electron chi connectivity index (χ2n) is 7.74. The third-order valence-electron chi connectivity index (χ3n) is 5.63. The van der Waals surface area contributed by atoms with Gasteiger partial charge in [0.05, 0.1) is 27.4 Å². The number of aromatic amines is 1. The van der Waals surface area contributed by atoms with Gasteiger partial charge in [-0.15, -0.1) is 0 Å². The predicted octanol–water partition coefficient (Wildman–Crippen LogP) is 4.00. The molecule has 3 heterocycles. The first-order chi connectivity index (χ1) is 15.1. The van der Waals surface area contributed by atoms with Crippen LogP contribution in [0.1, 0.15) is 31.1 Å². The van der Waals surface area contributed by atoms with Gasteiger partial charge in [-0.25, -0.2) is 15.0 Å². The molecule has 4 aromatic rings. The second kappa shape index (κ2) is 8.22. The lowest BCUT2D eigenvalue weighted by Crippen LogP contribution is -2.31. The summed E-state index contributed by atoms with van der Waals surface area (Å²) in [5.41, 5.74) is 6.95. The van der Waals surface area contributed by atoms with Crippen LogP contribution in [0.5, 0.6) is 0 Å². The topological polar surface area (TPSA) is 115 Å². The first-order valence-electron chi connectivity index (χ1n) is 10.2. The van der Waals surface area contributed by atoms with E-state index in [1.165, 1.54) is 6.33 Å². The Bertz CT molecular complexity index is 1330. The maximum absolute atomic E-state index is 13.4. The molecule has 0 aliphatic heterocycles. The molecular weight excluding hydrogens is 482 g/mol. The van der Waals surface area contributed by atoms with Gasteiger partial charge in [0.1, 0.15) is 23.6 Å². The van der Waals surface area contributed by atoms with Gasteiger partial charge in [0.2, 0.25) is 0 Å². The number of H-pyrrole nitrogens is 1. The number of halogens is 2. The summed E-state index contributed by atoms with van der Waals surface area (Å²) in [5.74, 6) is 1.74. The van der Waals surface area contributed by atoms with Crippen LogP contribution in [0.2, 0.25) is 5.02 Å². The van der Waals surface area contributed by atoms with Crippen LogP contribution >= 0.6 is 27.5 Å². The van der Waals surface area contributed by atoms with Gasteiger partial charge in [-0.1, -0.05) is 17.7 Å². The molecule has 1 aliphatic carbocycles. The Balaban J connectivity index is 1.67. The Hall–Kier alpha value is -2.49. The molecule has 1 atom stereocenters. The molecule has 4 N–H and O–H groups in total. The van der Waals surface area contributed by atoms with E-state index in [2.05, 4.69) is 36.2 Å². The lowest BCUT2D eigenvalue weighted by molar-refractivity contribution is 0.531. The van der Waals surface area contributed by atoms with Crippen molar-refractivity contribution in [3.63, 3.8) is 0 Å². The minimum absolute atomic E-state index is 0.137. The molecule has 0 saturated heterocycles. The maximum Gasteiger partial charge on any atom is 0.262 e. The number of nitrogens with zero attached hydrogens (tertiary/aromatic N) is 4. The lowest BCUT2D eigenvalue weighted by atomic mass is 10.1. The fraction of sp³-hybridized carbons (Fsp3) is 0.333. The van der Waals surface area contributed by atoms with Gasteiger partial charge >= 0.3 is 0 Å². The highest BCUT2D eigenvalue weighted by atomic mass is 79.9. The molecule has 0 amide bonds. The number of anilines is 1. The van der Waals surface area contributed by atoms with E-state index in [0.29, 0.717) is 53.0 Å². The summed E-state index contributed by atoms with van der Waals surface area (Å²) < 4.78 is 2.60. The highest BCUT2D eigenvalue weighted by Crippen LogP contribution is 2.43. The number of nitrogens with two attached hydrogens (primary N) is 1. The van der Waals surface area contributed by atoms with Crippen molar-refractivity contribution in [2.45, 2.75) is 31.8 Å². The van der Waals surface area contributed by atoms with Crippen LogP contribution in [0.4, 0.5) is 5.82 Å². The number of hydrogen-bond acceptors (Lipinski definition) is 6. The van der Waals surface area contributed by atoms with Crippen LogP contribution in [0.25, 0.3) is 21.9 Å². The SMILES string of the molecule is NCCCn1c(C(Nc2ncnc3[nH]cc(Br)c23)C2CC2)nc2cccc(Cl)c2c1=O. The van der Waals surface area contributed by atoms with Crippen molar-refractivity contribution >= 4 is 55.3 Å². The molecule has 1 unspecified atom stereocenters. The van der Waals surface area contributed by atoms with E-state index in [-0.39, 0.29) is 11.6 Å². The van der Waals surface area contributed by atoms with Gasteiger partial charge in [-0.05, 0) is 59.8 Å². The molecule has 3 aromatic heterocycles. The van der Waals surface area contributed by atoms with Gasteiger partial charge in [-0.2, -0.15) is 0 Å². The van der Waals surface area contributed by atoms with Crippen LogP contribution < -0.4 is 16.6 Å². The molecule has 5 rings (SSSR count). The van der Waals surface area contributed by atoms with E-state index >= 15 is 0 Å². The van der Waals surface area contributed by atoms with Gasteiger partial charge < -0.3 is 16.0 Å². The van der Waals surface area contributed by atoms with Gasteiger partial charge in [-0.3, -0.25) is 9.36 Å². The fourth-order valence-corrected chi connectivity index (χ4v) is 4.69. The van der Waals surface area contributed by atoms with Crippen molar-refractivity contribution < 1.29 is 0 Å². The summed E-state index contributed by atoms with van der Waals surface area (Å²) in [6.07, 6.45) is 6.14. The summed E-state index contributed by atoms with van der Waals surface area (Å²) in [6.45, 7) is 0.966. The lowest BCUT2D eigenvalue weighted by Gasteiger charge is -2.23. The Kier molecular flexibility index (Phi) is 5.41. The van der Waals surface area contributed by atoms with Crippen molar-refractivity contribution in [1.82, 2.24) is 24.5 Å². The van der Waals surface area contributed by atoms with Crippen LogP contribution in [-0.2, 0) is 6.54 Å². The zero-order valence-electron chi connectivity index (χ0n) is 16.6. The molecule has 0 bridgehead atoms. The largest absolute Gasteiger partial charge is 0.359 e.